The van der Waals surface area contributed by atoms with Crippen molar-refractivity contribution in [2.45, 2.75) is 51.1 Å². The summed E-state index contributed by atoms with van der Waals surface area (Å²) < 4.78 is 39.4. The Labute approximate surface area is 243 Å². The molecule has 0 radical (unpaired) electrons. The summed E-state index contributed by atoms with van der Waals surface area (Å²) in [4.78, 5) is 28.8. The smallest absolute Gasteiger partial charge is 0.264 e. The number of ether oxygens (including phenoxy) is 2. The van der Waals surface area contributed by atoms with Gasteiger partial charge in [0.2, 0.25) is 11.8 Å². The average Bonchev–Trinajstić information content (AvgIpc) is 2.99. The number of sulfonamides is 1. The van der Waals surface area contributed by atoms with Crippen molar-refractivity contribution in [1.29, 1.82) is 0 Å². The lowest BCUT2D eigenvalue weighted by molar-refractivity contribution is -0.140. The third-order valence-corrected chi connectivity index (χ3v) is 8.48. The van der Waals surface area contributed by atoms with Crippen molar-refractivity contribution in [3.63, 3.8) is 0 Å². The summed E-state index contributed by atoms with van der Waals surface area (Å²) in [5, 5.41) is 2.88. The van der Waals surface area contributed by atoms with Crippen LogP contribution in [-0.2, 0) is 26.2 Å². The molecule has 0 bridgehead atoms. The van der Waals surface area contributed by atoms with Crippen LogP contribution in [0.15, 0.2) is 77.7 Å². The first-order chi connectivity index (χ1) is 19.6. The van der Waals surface area contributed by atoms with Gasteiger partial charge in [-0.15, -0.1) is 0 Å². The lowest BCUT2D eigenvalue weighted by atomic mass is 10.1. The van der Waals surface area contributed by atoms with E-state index < -0.39 is 28.5 Å². The lowest BCUT2D eigenvalue weighted by Gasteiger charge is -2.33. The van der Waals surface area contributed by atoms with E-state index in [1.807, 2.05) is 32.9 Å². The molecule has 1 atom stereocenters. The van der Waals surface area contributed by atoms with E-state index in [1.165, 1.54) is 24.1 Å². The van der Waals surface area contributed by atoms with Gasteiger partial charge in [-0.3, -0.25) is 13.9 Å². The Morgan fingerprint density at radius 1 is 0.854 bits per heavy atom. The highest BCUT2D eigenvalue weighted by Crippen LogP contribution is 2.27. The Balaban J connectivity index is 2.04. The molecule has 0 saturated carbocycles. The second kappa shape index (κ2) is 14.5. The number of carbonyl (C=O) groups is 2. The highest BCUT2D eigenvalue weighted by molar-refractivity contribution is 7.92. The van der Waals surface area contributed by atoms with Crippen LogP contribution < -0.4 is 19.1 Å². The molecule has 1 N–H and O–H groups in total. The molecule has 0 heterocycles. The maximum absolute atomic E-state index is 14.1. The van der Waals surface area contributed by atoms with Crippen molar-refractivity contribution >= 4 is 27.5 Å². The van der Waals surface area contributed by atoms with Gasteiger partial charge in [0.25, 0.3) is 10.0 Å². The maximum atomic E-state index is 14.1. The largest absolute Gasteiger partial charge is 0.497 e. The van der Waals surface area contributed by atoms with Crippen LogP contribution in [0, 0.1) is 6.92 Å². The number of amides is 2. The van der Waals surface area contributed by atoms with Crippen LogP contribution in [0.3, 0.4) is 0 Å². The van der Waals surface area contributed by atoms with E-state index in [0.29, 0.717) is 30.2 Å². The molecule has 9 nitrogen and oxygen atoms in total. The summed E-state index contributed by atoms with van der Waals surface area (Å²) in [5.74, 6) is 0.418. The Bertz CT molecular complexity index is 1390. The number of methoxy groups -OCH3 is 2. The molecular weight excluding hydrogens is 542 g/mol. The Morgan fingerprint density at radius 3 is 1.93 bits per heavy atom. The quantitative estimate of drug-likeness (QED) is 0.300. The van der Waals surface area contributed by atoms with E-state index in [0.717, 1.165) is 21.9 Å². The molecule has 0 unspecified atom stereocenters. The molecule has 2 amide bonds. The van der Waals surface area contributed by atoms with Crippen LogP contribution in [0.2, 0.25) is 0 Å². The van der Waals surface area contributed by atoms with Crippen LogP contribution in [0.5, 0.6) is 11.5 Å². The first-order valence-electron chi connectivity index (χ1n) is 13.6. The highest BCUT2D eigenvalue weighted by Gasteiger charge is 2.33. The van der Waals surface area contributed by atoms with Crippen molar-refractivity contribution in [3.05, 3.63) is 83.9 Å². The monoisotopic (exact) mass is 581 g/mol. The lowest BCUT2D eigenvalue weighted by Crippen LogP contribution is -2.52. The number of nitrogens with one attached hydrogen (secondary N) is 1. The molecule has 220 valence electrons. The molecule has 10 heteroatoms. The summed E-state index contributed by atoms with van der Waals surface area (Å²) in [5.41, 5.74) is 1.98. The molecule has 3 rings (SSSR count). The van der Waals surface area contributed by atoms with Crippen LogP contribution >= 0.6 is 0 Å². The van der Waals surface area contributed by atoms with E-state index in [2.05, 4.69) is 5.32 Å². The number of benzene rings is 3. The Hall–Kier alpha value is -4.05. The van der Waals surface area contributed by atoms with E-state index in [-0.39, 0.29) is 17.3 Å². The zero-order valence-electron chi connectivity index (χ0n) is 24.3. The van der Waals surface area contributed by atoms with Crippen molar-refractivity contribution in [2.75, 3.05) is 31.6 Å². The molecular formula is C31H39N3O6S. The van der Waals surface area contributed by atoms with Crippen molar-refractivity contribution < 1.29 is 27.5 Å². The van der Waals surface area contributed by atoms with Crippen molar-refractivity contribution in [3.8, 4) is 11.5 Å². The SMILES string of the molecule is CCCNC(=O)[C@H](CC)N(Cc1ccc(OC)cc1)C(=O)CN(c1ccc(OC)cc1)S(=O)(=O)c1ccc(C)cc1. The second-order valence-corrected chi connectivity index (χ2v) is 11.5. The number of hydrogen-bond acceptors (Lipinski definition) is 6. The van der Waals surface area contributed by atoms with Gasteiger partial charge in [-0.2, -0.15) is 0 Å². The first kappa shape index (κ1) is 31.5. The molecule has 0 aromatic heterocycles. The number of anilines is 1. The van der Waals surface area contributed by atoms with Gasteiger partial charge in [0, 0.05) is 13.1 Å². The maximum Gasteiger partial charge on any atom is 0.264 e. The standard InChI is InChI=1S/C31H39N3O6S/c1-6-20-32-31(36)29(7-2)33(21-24-10-14-26(39-4)15-11-24)30(35)22-34(25-12-16-27(40-5)17-13-25)41(37,38)28-18-8-23(3)9-19-28/h8-19,29H,6-7,20-22H2,1-5H3,(H,32,36)/t29-/m0/s1. The fraction of sp³-hybridized carbons (Fsp3) is 0.355. The van der Waals surface area contributed by atoms with Gasteiger partial charge in [0.05, 0.1) is 24.8 Å². The molecule has 3 aromatic rings. The Kier molecular flexibility index (Phi) is 11.2. The summed E-state index contributed by atoms with van der Waals surface area (Å²) in [6.45, 7) is 5.73. The van der Waals surface area contributed by atoms with Crippen LogP contribution in [0.25, 0.3) is 0 Å². The molecule has 0 spiro atoms. The van der Waals surface area contributed by atoms with E-state index in [1.54, 1.807) is 55.6 Å². The zero-order valence-corrected chi connectivity index (χ0v) is 25.1. The topological polar surface area (TPSA) is 105 Å². The van der Waals surface area contributed by atoms with Gasteiger partial charge < -0.3 is 19.7 Å². The van der Waals surface area contributed by atoms with Gasteiger partial charge in [0.15, 0.2) is 0 Å². The van der Waals surface area contributed by atoms with Gasteiger partial charge in [-0.25, -0.2) is 8.42 Å². The summed E-state index contributed by atoms with van der Waals surface area (Å²) in [6.07, 6.45) is 1.10. The Morgan fingerprint density at radius 2 is 1.41 bits per heavy atom. The number of aryl methyl sites for hydroxylation is 1. The second-order valence-electron chi connectivity index (χ2n) is 9.61. The van der Waals surface area contributed by atoms with E-state index >= 15 is 0 Å². The molecule has 0 saturated heterocycles. The van der Waals surface area contributed by atoms with Gasteiger partial charge in [-0.1, -0.05) is 43.7 Å². The van der Waals surface area contributed by atoms with Gasteiger partial charge >= 0.3 is 0 Å². The number of rotatable bonds is 14. The molecule has 3 aromatic carbocycles. The molecule has 0 aliphatic rings. The highest BCUT2D eigenvalue weighted by atomic mass is 32.2. The van der Waals surface area contributed by atoms with E-state index in [9.17, 15) is 18.0 Å². The number of carbonyl (C=O) groups excluding carboxylic acids is 2. The molecule has 41 heavy (non-hydrogen) atoms. The average molecular weight is 582 g/mol. The van der Waals surface area contributed by atoms with Crippen LogP contribution in [-0.4, -0.2) is 58.5 Å². The van der Waals surface area contributed by atoms with Crippen molar-refractivity contribution in [1.82, 2.24) is 10.2 Å². The summed E-state index contributed by atoms with van der Waals surface area (Å²) in [7, 11) is -1.05. The summed E-state index contributed by atoms with van der Waals surface area (Å²) in [6, 6.07) is 19.3. The number of hydrogen-bond donors (Lipinski definition) is 1. The van der Waals surface area contributed by atoms with E-state index in [4.69, 9.17) is 9.47 Å². The van der Waals surface area contributed by atoms with Gasteiger partial charge in [0.1, 0.15) is 24.1 Å². The summed E-state index contributed by atoms with van der Waals surface area (Å²) >= 11 is 0. The van der Waals surface area contributed by atoms with Crippen LogP contribution in [0.1, 0.15) is 37.8 Å². The normalized spacial score (nSPS) is 11.8. The fourth-order valence-electron chi connectivity index (χ4n) is 4.33. The molecule has 0 aliphatic heterocycles. The molecule has 0 fully saturated rings. The zero-order chi connectivity index (χ0) is 30.0. The van der Waals surface area contributed by atoms with Gasteiger partial charge in [-0.05, 0) is 73.9 Å². The molecule has 0 aliphatic carbocycles. The predicted molar refractivity (Wildman–Crippen MR) is 160 cm³/mol. The predicted octanol–water partition coefficient (Wildman–Crippen LogP) is 4.54. The first-order valence-corrected chi connectivity index (χ1v) is 15.0. The third-order valence-electron chi connectivity index (χ3n) is 6.70. The minimum absolute atomic E-state index is 0.0566. The number of nitrogens with zero attached hydrogens (tertiary/aromatic N) is 2. The third kappa shape index (κ3) is 8.00. The van der Waals surface area contributed by atoms with Crippen LogP contribution in [0.4, 0.5) is 5.69 Å². The van der Waals surface area contributed by atoms with Crippen molar-refractivity contribution in [2.24, 2.45) is 0 Å². The minimum Gasteiger partial charge on any atom is -0.497 e. The fourth-order valence-corrected chi connectivity index (χ4v) is 5.74. The minimum atomic E-state index is -4.14.